The summed E-state index contributed by atoms with van der Waals surface area (Å²) < 4.78 is 56.9. The maximum Gasteiger partial charge on any atom is 0.417 e. The Morgan fingerprint density at radius 2 is 1.94 bits per heavy atom. The zero-order chi connectivity index (χ0) is 22.2. The van der Waals surface area contributed by atoms with Crippen molar-refractivity contribution in [3.05, 3.63) is 46.8 Å². The van der Waals surface area contributed by atoms with E-state index >= 15 is 0 Å². The molecule has 2 aromatic heterocycles. The first-order valence-electron chi connectivity index (χ1n) is 10.1. The molecule has 0 amide bonds. The van der Waals surface area contributed by atoms with Crippen molar-refractivity contribution in [3.8, 4) is 11.5 Å². The van der Waals surface area contributed by atoms with Gasteiger partial charge >= 0.3 is 6.18 Å². The van der Waals surface area contributed by atoms with Gasteiger partial charge in [0.2, 0.25) is 0 Å². The smallest absolute Gasteiger partial charge is 0.417 e. The van der Waals surface area contributed by atoms with Crippen LogP contribution in [0.2, 0.25) is 0 Å². The van der Waals surface area contributed by atoms with E-state index in [-0.39, 0.29) is 22.7 Å². The first-order chi connectivity index (χ1) is 14.8. The molecule has 31 heavy (non-hydrogen) atoms. The highest BCUT2D eigenvalue weighted by atomic mass is 19.4. The molecule has 1 fully saturated rings. The van der Waals surface area contributed by atoms with Crippen LogP contribution in [0.4, 0.5) is 13.2 Å². The molecule has 3 aromatic rings. The third kappa shape index (κ3) is 4.32. The summed E-state index contributed by atoms with van der Waals surface area (Å²) in [6.45, 7) is 3.60. The van der Waals surface area contributed by atoms with Crippen LogP contribution < -0.4 is 9.47 Å². The van der Waals surface area contributed by atoms with E-state index in [0.29, 0.717) is 30.3 Å². The molecule has 9 heteroatoms. The normalized spacial score (nSPS) is 17.8. The van der Waals surface area contributed by atoms with E-state index < -0.39 is 11.7 Å². The predicted octanol–water partition coefficient (Wildman–Crippen LogP) is 4.95. The molecule has 0 unspecified atom stereocenters. The van der Waals surface area contributed by atoms with Crippen molar-refractivity contribution in [2.45, 2.75) is 38.4 Å². The zero-order valence-electron chi connectivity index (χ0n) is 17.6. The van der Waals surface area contributed by atoms with Gasteiger partial charge in [0.25, 0.3) is 5.71 Å². The number of ether oxygens (including phenoxy) is 2. The molecule has 4 rings (SSSR count). The average Bonchev–Trinajstić information content (AvgIpc) is 3.16. The largest absolute Gasteiger partial charge is 0.493 e. The molecule has 0 N–H and O–H groups in total. The van der Waals surface area contributed by atoms with Crippen molar-refractivity contribution in [2.24, 2.45) is 0 Å². The molecule has 1 atom stereocenters. The first-order valence-corrected chi connectivity index (χ1v) is 10.1. The maximum atomic E-state index is 13.7. The Bertz CT molecular complexity index is 1080. The van der Waals surface area contributed by atoms with E-state index in [2.05, 4.69) is 15.0 Å². The van der Waals surface area contributed by atoms with Crippen molar-refractivity contribution in [2.75, 3.05) is 27.3 Å². The van der Waals surface area contributed by atoms with Gasteiger partial charge in [0.1, 0.15) is 0 Å². The molecule has 0 aliphatic carbocycles. The minimum Gasteiger partial charge on any atom is -0.493 e. The lowest BCUT2D eigenvalue weighted by atomic mass is 9.91. The molecule has 1 aliphatic rings. The van der Waals surface area contributed by atoms with Crippen LogP contribution in [-0.2, 0) is 12.7 Å². The number of benzene rings is 1. The highest BCUT2D eigenvalue weighted by Crippen LogP contribution is 2.40. The van der Waals surface area contributed by atoms with E-state index in [1.165, 1.54) is 6.92 Å². The van der Waals surface area contributed by atoms with E-state index in [1.54, 1.807) is 14.2 Å². The van der Waals surface area contributed by atoms with Gasteiger partial charge in [-0.15, -0.1) is 0 Å². The molecule has 0 spiro atoms. The lowest BCUT2D eigenvalue weighted by molar-refractivity contribution is -0.136. The Morgan fingerprint density at radius 1 is 1.16 bits per heavy atom. The predicted molar refractivity (Wildman–Crippen MR) is 108 cm³/mol. The fraction of sp³-hybridized carbons (Fsp3) is 0.455. The van der Waals surface area contributed by atoms with Gasteiger partial charge in [-0.05, 0) is 50.1 Å². The molecule has 0 radical (unpaired) electrons. The number of alkyl halides is 3. The summed E-state index contributed by atoms with van der Waals surface area (Å²) in [4.78, 5) is 6.33. The van der Waals surface area contributed by atoms with Crippen molar-refractivity contribution in [1.82, 2.24) is 15.0 Å². The topological polar surface area (TPSA) is 60.6 Å². The summed E-state index contributed by atoms with van der Waals surface area (Å²) in [5.74, 6) is 1.13. The van der Waals surface area contributed by atoms with Gasteiger partial charge in [0.05, 0.1) is 30.9 Å². The number of nitrogens with zero attached hydrogens (tertiary/aromatic N) is 3. The Labute approximate surface area is 177 Å². The number of aromatic nitrogens is 2. The van der Waals surface area contributed by atoms with E-state index in [1.807, 2.05) is 18.2 Å². The van der Waals surface area contributed by atoms with Gasteiger partial charge in [-0.3, -0.25) is 4.90 Å². The number of fused-ring (bicyclic) bond motifs is 1. The fourth-order valence-electron chi connectivity index (χ4n) is 4.26. The Kier molecular flexibility index (Phi) is 5.79. The lowest BCUT2D eigenvalue weighted by Gasteiger charge is -2.32. The molecule has 0 bridgehead atoms. The summed E-state index contributed by atoms with van der Waals surface area (Å²) in [5.41, 5.74) is 0.840. The Morgan fingerprint density at radius 3 is 2.65 bits per heavy atom. The number of rotatable bonds is 5. The van der Waals surface area contributed by atoms with E-state index in [0.717, 1.165) is 31.0 Å². The van der Waals surface area contributed by atoms with Gasteiger partial charge in [0, 0.05) is 24.7 Å². The van der Waals surface area contributed by atoms with Crippen molar-refractivity contribution in [1.29, 1.82) is 0 Å². The molecule has 6 nitrogen and oxygen atoms in total. The Balaban J connectivity index is 1.60. The van der Waals surface area contributed by atoms with Crippen LogP contribution >= 0.6 is 0 Å². The average molecular weight is 435 g/mol. The number of hydrogen-bond acceptors (Lipinski definition) is 6. The van der Waals surface area contributed by atoms with Crippen LogP contribution in [0.25, 0.3) is 11.1 Å². The molecule has 0 saturated carbocycles. The quantitative estimate of drug-likeness (QED) is 0.565. The number of pyridine rings is 1. The van der Waals surface area contributed by atoms with Crippen LogP contribution in [0.1, 0.15) is 41.3 Å². The molecular formula is C22H24F3N3O3. The molecule has 166 valence electrons. The number of aryl methyl sites for hydroxylation is 1. The Hall–Kier alpha value is -2.81. The minimum atomic E-state index is -4.50. The van der Waals surface area contributed by atoms with Crippen LogP contribution in [0, 0.1) is 6.92 Å². The van der Waals surface area contributed by atoms with Gasteiger partial charge in [-0.2, -0.15) is 13.2 Å². The molecule has 1 aromatic carbocycles. The number of likely N-dealkylation sites (tertiary alicyclic amines) is 1. The highest BCUT2D eigenvalue weighted by molar-refractivity contribution is 5.81. The van der Waals surface area contributed by atoms with Crippen molar-refractivity contribution >= 4 is 11.1 Å². The second kappa shape index (κ2) is 8.37. The monoisotopic (exact) mass is 435 g/mol. The number of halogens is 3. The van der Waals surface area contributed by atoms with Crippen LogP contribution in [0.3, 0.4) is 0 Å². The van der Waals surface area contributed by atoms with Gasteiger partial charge in [-0.25, -0.2) is 4.98 Å². The van der Waals surface area contributed by atoms with Crippen LogP contribution in [0.5, 0.6) is 11.5 Å². The molecule has 1 aliphatic heterocycles. The third-order valence-electron chi connectivity index (χ3n) is 5.65. The number of piperidine rings is 1. The summed E-state index contributed by atoms with van der Waals surface area (Å²) in [7, 11) is 3.17. The zero-order valence-corrected chi connectivity index (χ0v) is 17.6. The van der Waals surface area contributed by atoms with Gasteiger partial charge in [0.15, 0.2) is 11.5 Å². The van der Waals surface area contributed by atoms with Gasteiger partial charge in [-0.1, -0.05) is 11.2 Å². The van der Waals surface area contributed by atoms with Crippen LogP contribution in [0.15, 0.2) is 28.8 Å². The molecule has 3 heterocycles. The fourth-order valence-corrected chi connectivity index (χ4v) is 4.26. The number of hydrogen-bond donors (Lipinski definition) is 0. The standard InChI is InChI=1S/C22H24F3N3O3/c1-13-9-16(22(23,24)25)19-20(27-31-21(19)26-13)15-5-4-8-28(12-15)11-14-6-7-17(29-2)18(10-14)30-3/h6-7,9-10,15H,4-5,8,11-12H2,1-3H3/t15-/m0/s1. The SMILES string of the molecule is COc1ccc(CN2CCC[C@H](c3noc4nc(C)cc(C(F)(F)F)c34)C2)cc1OC. The lowest BCUT2D eigenvalue weighted by Crippen LogP contribution is -2.34. The summed E-state index contributed by atoms with van der Waals surface area (Å²) in [5, 5.41) is 4.01. The molecule has 1 saturated heterocycles. The van der Waals surface area contributed by atoms with Crippen molar-refractivity contribution < 1.29 is 27.2 Å². The minimum absolute atomic E-state index is 0.0175. The summed E-state index contributed by atoms with van der Waals surface area (Å²) >= 11 is 0. The van der Waals surface area contributed by atoms with Crippen molar-refractivity contribution in [3.63, 3.8) is 0 Å². The molecular weight excluding hydrogens is 411 g/mol. The third-order valence-corrected chi connectivity index (χ3v) is 5.65. The summed E-state index contributed by atoms with van der Waals surface area (Å²) in [6.07, 6.45) is -2.90. The number of methoxy groups -OCH3 is 2. The second-order valence-electron chi connectivity index (χ2n) is 7.82. The summed E-state index contributed by atoms with van der Waals surface area (Å²) in [6, 6.07) is 6.80. The van der Waals surface area contributed by atoms with E-state index in [9.17, 15) is 13.2 Å². The maximum absolute atomic E-state index is 13.7. The van der Waals surface area contributed by atoms with Crippen LogP contribution in [-0.4, -0.2) is 42.3 Å². The first kappa shape index (κ1) is 21.4. The van der Waals surface area contributed by atoms with Gasteiger partial charge < -0.3 is 14.0 Å². The van der Waals surface area contributed by atoms with E-state index in [4.69, 9.17) is 14.0 Å². The second-order valence-corrected chi connectivity index (χ2v) is 7.82. The highest BCUT2D eigenvalue weighted by Gasteiger charge is 2.37.